The van der Waals surface area contributed by atoms with E-state index in [2.05, 4.69) is 4.99 Å². The standard InChI is InChI=1S/C21H23F2N3O2S/c1-13-10-16(29(27,28)26-9-3-8-21(22,23)12-26)5-7-17(13)18-6-4-15-11-25-20(24)19(15)14(18)2/h4-7,10H,3,8-9,11-12H2,1-2H3,(H2,24,25). The van der Waals surface area contributed by atoms with Gasteiger partial charge in [0, 0.05) is 18.5 Å². The Bertz CT molecular complexity index is 1130. The number of hydrogen-bond donors (Lipinski definition) is 1. The minimum atomic E-state index is -3.97. The first-order chi connectivity index (χ1) is 13.6. The maximum atomic E-state index is 13.7. The van der Waals surface area contributed by atoms with Crippen LogP contribution in [-0.2, 0) is 16.6 Å². The Morgan fingerprint density at radius 2 is 1.86 bits per heavy atom. The maximum Gasteiger partial charge on any atom is 0.261 e. The van der Waals surface area contributed by atoms with Crippen molar-refractivity contribution in [1.29, 1.82) is 0 Å². The van der Waals surface area contributed by atoms with Crippen molar-refractivity contribution in [3.63, 3.8) is 0 Å². The topological polar surface area (TPSA) is 75.8 Å². The van der Waals surface area contributed by atoms with Crippen LogP contribution < -0.4 is 5.73 Å². The van der Waals surface area contributed by atoms with E-state index >= 15 is 0 Å². The molecule has 0 atom stereocenters. The molecular formula is C21H23F2N3O2S. The second-order valence-corrected chi connectivity index (χ2v) is 9.69. The number of aryl methyl sites for hydroxylation is 1. The summed E-state index contributed by atoms with van der Waals surface area (Å²) < 4.78 is 54.1. The number of hydrogen-bond acceptors (Lipinski definition) is 4. The van der Waals surface area contributed by atoms with Gasteiger partial charge in [0.15, 0.2) is 0 Å². The average molecular weight is 419 g/mol. The van der Waals surface area contributed by atoms with Gasteiger partial charge in [0.1, 0.15) is 5.84 Å². The molecule has 0 saturated carbocycles. The zero-order valence-corrected chi connectivity index (χ0v) is 17.2. The first-order valence-electron chi connectivity index (χ1n) is 9.52. The number of amidine groups is 1. The molecule has 2 heterocycles. The van der Waals surface area contributed by atoms with Gasteiger partial charge in [-0.3, -0.25) is 4.99 Å². The van der Waals surface area contributed by atoms with Crippen molar-refractivity contribution in [2.45, 2.75) is 44.1 Å². The Morgan fingerprint density at radius 3 is 2.55 bits per heavy atom. The highest BCUT2D eigenvalue weighted by atomic mass is 32.2. The highest BCUT2D eigenvalue weighted by Crippen LogP contribution is 2.35. The van der Waals surface area contributed by atoms with E-state index in [-0.39, 0.29) is 24.3 Å². The minimum absolute atomic E-state index is 0.0383. The third kappa shape index (κ3) is 3.44. The van der Waals surface area contributed by atoms with Crippen LogP contribution in [0.3, 0.4) is 0 Å². The summed E-state index contributed by atoms with van der Waals surface area (Å²) in [5, 5.41) is 0. The number of nitrogens with zero attached hydrogens (tertiary/aromatic N) is 2. The number of piperidine rings is 1. The van der Waals surface area contributed by atoms with Crippen LogP contribution in [0.1, 0.15) is 35.1 Å². The van der Waals surface area contributed by atoms with Crippen LogP contribution in [0.25, 0.3) is 11.1 Å². The number of fused-ring (bicyclic) bond motifs is 1. The molecule has 29 heavy (non-hydrogen) atoms. The molecule has 0 radical (unpaired) electrons. The molecule has 8 heteroatoms. The molecule has 2 aromatic rings. The lowest BCUT2D eigenvalue weighted by atomic mass is 9.91. The lowest BCUT2D eigenvalue weighted by Crippen LogP contribution is -2.45. The van der Waals surface area contributed by atoms with Crippen LogP contribution in [0.4, 0.5) is 8.78 Å². The molecule has 1 saturated heterocycles. The first kappa shape index (κ1) is 20.0. The van der Waals surface area contributed by atoms with Crippen LogP contribution in [0.15, 0.2) is 40.2 Å². The fourth-order valence-corrected chi connectivity index (χ4v) is 5.77. The molecule has 154 valence electrons. The van der Waals surface area contributed by atoms with Crippen LogP contribution in [0.5, 0.6) is 0 Å². The van der Waals surface area contributed by atoms with Gasteiger partial charge in [0.25, 0.3) is 5.92 Å². The third-order valence-electron chi connectivity index (χ3n) is 5.71. The van der Waals surface area contributed by atoms with E-state index in [1.807, 2.05) is 26.0 Å². The predicted octanol–water partition coefficient (Wildman–Crippen LogP) is 3.61. The van der Waals surface area contributed by atoms with Crippen molar-refractivity contribution in [2.24, 2.45) is 10.7 Å². The minimum Gasteiger partial charge on any atom is -0.383 e. The van der Waals surface area contributed by atoms with Crippen molar-refractivity contribution < 1.29 is 17.2 Å². The van der Waals surface area contributed by atoms with Gasteiger partial charge < -0.3 is 5.73 Å². The first-order valence-corrected chi connectivity index (χ1v) is 11.0. The van der Waals surface area contributed by atoms with Gasteiger partial charge in [0.2, 0.25) is 10.0 Å². The number of halogens is 2. The van der Waals surface area contributed by atoms with Crippen LogP contribution in [0.2, 0.25) is 0 Å². The zero-order chi connectivity index (χ0) is 21.0. The number of rotatable bonds is 3. The number of alkyl halides is 2. The van der Waals surface area contributed by atoms with E-state index in [9.17, 15) is 17.2 Å². The average Bonchev–Trinajstić information content (AvgIpc) is 3.03. The molecule has 2 aromatic carbocycles. The van der Waals surface area contributed by atoms with Crippen molar-refractivity contribution in [1.82, 2.24) is 4.31 Å². The summed E-state index contributed by atoms with van der Waals surface area (Å²) >= 11 is 0. The van der Waals surface area contributed by atoms with Gasteiger partial charge in [-0.2, -0.15) is 4.31 Å². The second kappa shape index (κ2) is 6.88. The fraction of sp³-hybridized carbons (Fsp3) is 0.381. The zero-order valence-electron chi connectivity index (χ0n) is 16.4. The maximum absolute atomic E-state index is 13.7. The summed E-state index contributed by atoms with van der Waals surface area (Å²) in [5.41, 5.74) is 11.6. The van der Waals surface area contributed by atoms with Crippen molar-refractivity contribution in [3.8, 4) is 11.1 Å². The fourth-order valence-electron chi connectivity index (χ4n) is 4.18. The van der Waals surface area contributed by atoms with E-state index in [1.54, 1.807) is 12.1 Å². The molecule has 5 nitrogen and oxygen atoms in total. The molecule has 1 fully saturated rings. The van der Waals surface area contributed by atoms with Crippen molar-refractivity contribution in [3.05, 3.63) is 52.6 Å². The molecule has 0 spiro atoms. The Labute approximate surface area is 169 Å². The Balaban J connectivity index is 1.71. The van der Waals surface area contributed by atoms with E-state index in [4.69, 9.17) is 5.73 Å². The van der Waals surface area contributed by atoms with Crippen LogP contribution >= 0.6 is 0 Å². The van der Waals surface area contributed by atoms with Crippen LogP contribution in [-0.4, -0.2) is 37.6 Å². The van der Waals surface area contributed by atoms with Gasteiger partial charge in [-0.25, -0.2) is 17.2 Å². The smallest absolute Gasteiger partial charge is 0.261 e. The Morgan fingerprint density at radius 1 is 1.14 bits per heavy atom. The summed E-state index contributed by atoms with van der Waals surface area (Å²) in [6, 6.07) is 8.77. The lowest BCUT2D eigenvalue weighted by Gasteiger charge is -2.31. The highest BCUT2D eigenvalue weighted by Gasteiger charge is 2.40. The van der Waals surface area contributed by atoms with Gasteiger partial charge in [0.05, 0.1) is 18.0 Å². The van der Waals surface area contributed by atoms with Crippen molar-refractivity contribution >= 4 is 15.9 Å². The van der Waals surface area contributed by atoms with Crippen molar-refractivity contribution in [2.75, 3.05) is 13.1 Å². The predicted molar refractivity (Wildman–Crippen MR) is 109 cm³/mol. The quantitative estimate of drug-likeness (QED) is 0.826. The summed E-state index contributed by atoms with van der Waals surface area (Å²) in [6.07, 6.45) is -0.123. The molecule has 4 rings (SSSR count). The van der Waals surface area contributed by atoms with Gasteiger partial charge in [-0.15, -0.1) is 0 Å². The molecule has 0 aromatic heterocycles. The molecule has 0 aliphatic carbocycles. The normalized spacial score (nSPS) is 19.1. The van der Waals surface area contributed by atoms with E-state index < -0.39 is 22.5 Å². The summed E-state index contributed by atoms with van der Waals surface area (Å²) in [5.74, 6) is -2.47. The monoisotopic (exact) mass is 419 g/mol. The SMILES string of the molecule is Cc1cc(S(=O)(=O)N2CCCC(F)(F)C2)ccc1-c1ccc2c(c1C)C(N)=NC2. The second-order valence-electron chi connectivity index (χ2n) is 7.75. The van der Waals surface area contributed by atoms with Crippen LogP contribution in [0, 0.1) is 13.8 Å². The summed E-state index contributed by atoms with van der Waals surface area (Å²) in [7, 11) is -3.97. The highest BCUT2D eigenvalue weighted by molar-refractivity contribution is 7.89. The molecule has 0 bridgehead atoms. The summed E-state index contributed by atoms with van der Waals surface area (Å²) in [6.45, 7) is 3.71. The molecule has 2 aliphatic rings. The van der Waals surface area contributed by atoms with Gasteiger partial charge >= 0.3 is 0 Å². The molecule has 2 aliphatic heterocycles. The molecule has 0 unspecified atom stereocenters. The Kier molecular flexibility index (Phi) is 4.74. The molecular weight excluding hydrogens is 396 g/mol. The molecule has 2 N–H and O–H groups in total. The van der Waals surface area contributed by atoms with E-state index in [0.717, 1.165) is 37.7 Å². The lowest BCUT2D eigenvalue weighted by molar-refractivity contribution is -0.0434. The molecule has 0 amide bonds. The van der Waals surface area contributed by atoms with E-state index in [0.29, 0.717) is 12.4 Å². The summed E-state index contributed by atoms with van der Waals surface area (Å²) in [4.78, 5) is 4.32. The Hall–Kier alpha value is -2.32. The van der Waals surface area contributed by atoms with Gasteiger partial charge in [-0.05, 0) is 60.2 Å². The largest absolute Gasteiger partial charge is 0.383 e. The third-order valence-corrected chi connectivity index (χ3v) is 7.55. The number of aliphatic imine (C=N–C) groups is 1. The number of benzene rings is 2. The van der Waals surface area contributed by atoms with Gasteiger partial charge in [-0.1, -0.05) is 18.2 Å². The van der Waals surface area contributed by atoms with E-state index in [1.165, 1.54) is 6.07 Å². The number of sulfonamides is 1. The number of nitrogens with two attached hydrogens (primary N) is 1.